The lowest BCUT2D eigenvalue weighted by Gasteiger charge is -2.27. The number of fused-ring (bicyclic) bond motifs is 1. The van der Waals surface area contributed by atoms with Crippen molar-refractivity contribution in [1.29, 1.82) is 0 Å². The van der Waals surface area contributed by atoms with Gasteiger partial charge >= 0.3 is 0 Å². The number of amides is 1. The van der Waals surface area contributed by atoms with E-state index in [1.54, 1.807) is 14.2 Å². The molecule has 0 saturated carbocycles. The van der Waals surface area contributed by atoms with Crippen LogP contribution in [0.5, 0.6) is 11.5 Å². The van der Waals surface area contributed by atoms with Crippen molar-refractivity contribution < 1.29 is 14.3 Å². The van der Waals surface area contributed by atoms with E-state index < -0.39 is 0 Å². The molecule has 0 fully saturated rings. The van der Waals surface area contributed by atoms with Gasteiger partial charge in [-0.2, -0.15) is 0 Å². The Morgan fingerprint density at radius 3 is 2.68 bits per heavy atom. The Balaban J connectivity index is 1.47. The summed E-state index contributed by atoms with van der Waals surface area (Å²) in [5.74, 6) is 1.65. The van der Waals surface area contributed by atoms with Crippen LogP contribution in [-0.2, 0) is 11.2 Å². The second-order valence-corrected chi connectivity index (χ2v) is 8.34. The normalized spacial score (nSPS) is 18.6. The molecule has 0 saturated heterocycles. The van der Waals surface area contributed by atoms with Crippen molar-refractivity contribution in [2.75, 3.05) is 20.8 Å². The highest BCUT2D eigenvalue weighted by Gasteiger charge is 2.41. The third kappa shape index (κ3) is 3.38. The number of aromatic nitrogens is 1. The molecular formula is C26H28N2O3. The van der Waals surface area contributed by atoms with Crippen LogP contribution >= 0.6 is 0 Å². The van der Waals surface area contributed by atoms with Gasteiger partial charge in [-0.3, -0.25) is 4.79 Å². The first kappa shape index (κ1) is 19.7. The molecule has 2 heterocycles. The van der Waals surface area contributed by atoms with Gasteiger partial charge in [0.25, 0.3) is 5.91 Å². The smallest absolute Gasteiger partial charge is 0.250 e. The fourth-order valence-corrected chi connectivity index (χ4v) is 5.15. The summed E-state index contributed by atoms with van der Waals surface area (Å²) in [6.45, 7) is 0.672. The molecule has 0 radical (unpaired) electrons. The molecule has 1 amide bonds. The highest BCUT2D eigenvalue weighted by molar-refractivity contribution is 5.99. The molecule has 5 nitrogen and oxygen atoms in total. The van der Waals surface area contributed by atoms with Gasteiger partial charge in [-0.25, -0.2) is 0 Å². The van der Waals surface area contributed by atoms with Crippen LogP contribution < -0.4 is 9.47 Å². The highest BCUT2D eigenvalue weighted by Crippen LogP contribution is 2.46. The van der Waals surface area contributed by atoms with Crippen molar-refractivity contribution in [1.82, 2.24) is 9.88 Å². The summed E-state index contributed by atoms with van der Waals surface area (Å²) < 4.78 is 10.8. The van der Waals surface area contributed by atoms with E-state index in [9.17, 15) is 4.79 Å². The molecular weight excluding hydrogens is 388 g/mol. The van der Waals surface area contributed by atoms with E-state index in [1.807, 2.05) is 18.2 Å². The summed E-state index contributed by atoms with van der Waals surface area (Å²) in [6.07, 6.45) is 7.04. The number of hydrogen-bond donors (Lipinski definition) is 1. The molecule has 2 aromatic carbocycles. The monoisotopic (exact) mass is 416 g/mol. The van der Waals surface area contributed by atoms with Crippen molar-refractivity contribution >= 4 is 16.8 Å². The van der Waals surface area contributed by atoms with Crippen molar-refractivity contribution in [2.45, 2.75) is 38.1 Å². The Bertz CT molecular complexity index is 1160. The molecule has 0 bridgehead atoms. The molecule has 160 valence electrons. The maximum atomic E-state index is 13.4. The molecule has 3 aromatic rings. The molecule has 1 aromatic heterocycles. The number of benzene rings is 2. The van der Waals surface area contributed by atoms with E-state index in [0.29, 0.717) is 6.54 Å². The van der Waals surface area contributed by atoms with Gasteiger partial charge in [-0.15, -0.1) is 0 Å². The van der Waals surface area contributed by atoms with Crippen molar-refractivity contribution in [2.24, 2.45) is 0 Å². The predicted octanol–water partition coefficient (Wildman–Crippen LogP) is 5.18. The molecule has 1 atom stereocenters. The number of hydrogen-bond acceptors (Lipinski definition) is 3. The number of H-pyrrole nitrogens is 1. The Morgan fingerprint density at radius 2 is 1.84 bits per heavy atom. The second-order valence-electron chi connectivity index (χ2n) is 8.34. The number of nitrogens with one attached hydrogen (secondary N) is 1. The summed E-state index contributed by atoms with van der Waals surface area (Å²) in [4.78, 5) is 18.9. The summed E-state index contributed by atoms with van der Waals surface area (Å²) in [5.41, 5.74) is 5.84. The lowest BCUT2D eigenvalue weighted by Crippen LogP contribution is -2.32. The molecule has 1 aliphatic heterocycles. The molecule has 1 N–H and O–H groups in total. The lowest BCUT2D eigenvalue weighted by atomic mass is 9.87. The third-order valence-corrected chi connectivity index (χ3v) is 6.68. The van der Waals surface area contributed by atoms with Crippen molar-refractivity contribution in [3.63, 3.8) is 0 Å². The van der Waals surface area contributed by atoms with Gasteiger partial charge in [0, 0.05) is 34.8 Å². The average Bonchev–Trinajstić information content (AvgIpc) is 3.36. The topological polar surface area (TPSA) is 54.6 Å². The minimum Gasteiger partial charge on any atom is -0.493 e. The standard InChI is InChI=1S/C26H28N2O3/c1-30-23-12-11-17(15-24(23)31-2)13-14-28-25(19-8-3-4-9-20(19)26(28)29)21-16-27-22-10-6-5-7-18(21)22/h5-7,10-12,15-16,25,27H,3-4,8-9,13-14H2,1-2H3/t25-/m0/s1. The summed E-state index contributed by atoms with van der Waals surface area (Å²) in [7, 11) is 3.29. The van der Waals surface area contributed by atoms with E-state index in [2.05, 4.69) is 40.3 Å². The summed E-state index contributed by atoms with van der Waals surface area (Å²) in [5, 5.41) is 1.20. The van der Waals surface area contributed by atoms with Gasteiger partial charge < -0.3 is 19.4 Å². The SMILES string of the molecule is COc1ccc(CCN2C(=O)C3=C(CCCC3)[C@H]2c2c[nH]c3ccccc23)cc1OC. The number of rotatable bonds is 6. The molecule has 5 heteroatoms. The number of aromatic amines is 1. The Morgan fingerprint density at radius 1 is 1.03 bits per heavy atom. The van der Waals surface area contributed by atoms with Crippen molar-refractivity contribution in [3.8, 4) is 11.5 Å². The maximum Gasteiger partial charge on any atom is 0.250 e. The number of methoxy groups -OCH3 is 2. The number of para-hydroxylation sites is 1. The number of nitrogens with zero attached hydrogens (tertiary/aromatic N) is 1. The molecule has 31 heavy (non-hydrogen) atoms. The first-order valence-corrected chi connectivity index (χ1v) is 11.0. The molecule has 0 unspecified atom stereocenters. The van der Waals surface area contributed by atoms with E-state index >= 15 is 0 Å². The van der Waals surface area contributed by atoms with Gasteiger partial charge in [-0.05, 0) is 61.4 Å². The molecule has 1 aliphatic carbocycles. The zero-order chi connectivity index (χ0) is 21.4. The highest BCUT2D eigenvalue weighted by atomic mass is 16.5. The molecule has 2 aliphatic rings. The third-order valence-electron chi connectivity index (χ3n) is 6.68. The van der Waals surface area contributed by atoms with Crippen LogP contribution in [0.15, 0.2) is 59.8 Å². The van der Waals surface area contributed by atoms with Crippen LogP contribution in [0.1, 0.15) is 42.9 Å². The summed E-state index contributed by atoms with van der Waals surface area (Å²) in [6, 6.07) is 14.4. The fourth-order valence-electron chi connectivity index (χ4n) is 5.15. The first-order valence-electron chi connectivity index (χ1n) is 11.0. The summed E-state index contributed by atoms with van der Waals surface area (Å²) >= 11 is 0. The van der Waals surface area contributed by atoms with Crippen LogP contribution in [0.2, 0.25) is 0 Å². The minimum atomic E-state index is 0.0269. The fraction of sp³-hybridized carbons (Fsp3) is 0.346. The minimum absolute atomic E-state index is 0.0269. The Labute approximate surface area is 182 Å². The van der Waals surface area contributed by atoms with Gasteiger partial charge in [0.1, 0.15) is 0 Å². The van der Waals surface area contributed by atoms with Crippen molar-refractivity contribution in [3.05, 3.63) is 70.9 Å². The Kier molecular flexibility index (Phi) is 5.18. The zero-order valence-corrected chi connectivity index (χ0v) is 18.1. The van der Waals surface area contributed by atoms with E-state index in [1.165, 1.54) is 16.5 Å². The van der Waals surface area contributed by atoms with Crippen LogP contribution in [0.25, 0.3) is 10.9 Å². The quantitative estimate of drug-likeness (QED) is 0.602. The van der Waals surface area contributed by atoms with Gasteiger partial charge in [-0.1, -0.05) is 24.3 Å². The van der Waals surface area contributed by atoms with Crippen LogP contribution in [-0.4, -0.2) is 36.6 Å². The molecule has 0 spiro atoms. The van der Waals surface area contributed by atoms with E-state index in [4.69, 9.17) is 9.47 Å². The van der Waals surface area contributed by atoms with Crippen LogP contribution in [0.3, 0.4) is 0 Å². The van der Waals surface area contributed by atoms with Gasteiger partial charge in [0.15, 0.2) is 11.5 Å². The van der Waals surface area contributed by atoms with Gasteiger partial charge in [0.2, 0.25) is 0 Å². The van der Waals surface area contributed by atoms with E-state index in [-0.39, 0.29) is 11.9 Å². The second kappa shape index (κ2) is 8.14. The van der Waals surface area contributed by atoms with Crippen LogP contribution in [0.4, 0.5) is 0 Å². The predicted molar refractivity (Wildman–Crippen MR) is 121 cm³/mol. The largest absolute Gasteiger partial charge is 0.493 e. The number of ether oxygens (including phenoxy) is 2. The number of carbonyl (C=O) groups excluding carboxylic acids is 1. The van der Waals surface area contributed by atoms with E-state index in [0.717, 1.165) is 60.3 Å². The average molecular weight is 417 g/mol. The van der Waals surface area contributed by atoms with Crippen LogP contribution in [0, 0.1) is 0 Å². The molecule has 5 rings (SSSR count). The maximum absolute atomic E-state index is 13.4. The lowest BCUT2D eigenvalue weighted by molar-refractivity contribution is -0.127. The zero-order valence-electron chi connectivity index (χ0n) is 18.1. The Hall–Kier alpha value is -3.21. The number of carbonyl (C=O) groups is 1. The van der Waals surface area contributed by atoms with Gasteiger partial charge in [0.05, 0.1) is 20.3 Å². The first-order chi connectivity index (χ1) is 15.2.